The van der Waals surface area contributed by atoms with Crippen molar-refractivity contribution in [2.75, 3.05) is 19.4 Å². The van der Waals surface area contributed by atoms with Gasteiger partial charge in [0, 0.05) is 12.6 Å². The zero-order valence-corrected chi connectivity index (χ0v) is 16.1. The van der Waals surface area contributed by atoms with Gasteiger partial charge in [0.2, 0.25) is 5.91 Å². The van der Waals surface area contributed by atoms with Crippen molar-refractivity contribution in [3.05, 3.63) is 47.2 Å². The number of aromatic nitrogens is 2. The van der Waals surface area contributed by atoms with Crippen LogP contribution >= 0.6 is 0 Å². The van der Waals surface area contributed by atoms with E-state index in [1.54, 1.807) is 4.68 Å². The molecule has 0 aliphatic heterocycles. The van der Waals surface area contributed by atoms with Gasteiger partial charge in [0.15, 0.2) is 0 Å². The molecule has 2 rings (SSSR count). The van der Waals surface area contributed by atoms with Crippen molar-refractivity contribution in [2.45, 2.75) is 32.7 Å². The van der Waals surface area contributed by atoms with Gasteiger partial charge in [-0.2, -0.15) is 5.10 Å². The maximum absolute atomic E-state index is 12.8. The molecule has 0 radical (unpaired) electrons. The first-order chi connectivity index (χ1) is 12.3. The van der Waals surface area contributed by atoms with E-state index >= 15 is 0 Å². The maximum Gasteiger partial charge on any atom is 0.290 e. The summed E-state index contributed by atoms with van der Waals surface area (Å²) in [6.45, 7) is 3.82. The molecule has 1 atom stereocenters. The van der Waals surface area contributed by atoms with Crippen LogP contribution < -0.4 is 5.32 Å². The predicted molar refractivity (Wildman–Crippen MR) is 102 cm³/mol. The van der Waals surface area contributed by atoms with Crippen molar-refractivity contribution in [2.24, 2.45) is 7.05 Å². The first-order valence-corrected chi connectivity index (χ1v) is 8.47. The summed E-state index contributed by atoms with van der Waals surface area (Å²) >= 11 is 0. The number of anilines is 1. The average molecular weight is 360 g/mol. The molecule has 2 aromatic rings. The van der Waals surface area contributed by atoms with E-state index in [4.69, 9.17) is 9.90 Å². The second-order valence-corrected chi connectivity index (χ2v) is 6.16. The van der Waals surface area contributed by atoms with Gasteiger partial charge in [0.05, 0.1) is 11.7 Å². The summed E-state index contributed by atoms with van der Waals surface area (Å²) in [5.41, 5.74) is 3.21. The number of carboxylic acid groups (broad SMARTS) is 1. The minimum Gasteiger partial charge on any atom is -0.483 e. The van der Waals surface area contributed by atoms with Crippen LogP contribution in [0.2, 0.25) is 0 Å². The molecule has 0 aliphatic rings. The van der Waals surface area contributed by atoms with Crippen molar-refractivity contribution in [1.29, 1.82) is 0 Å². The molecular weight excluding hydrogens is 332 g/mol. The SMILES string of the molecule is CCc1nn(C)c(NC(=O)[C@H](Cc2ccccc2)N(C)C)c1C.O=CO. The lowest BCUT2D eigenvalue weighted by Gasteiger charge is -2.23. The third-order valence-corrected chi connectivity index (χ3v) is 4.16. The van der Waals surface area contributed by atoms with Crippen LogP contribution in [0.1, 0.15) is 23.7 Å². The highest BCUT2D eigenvalue weighted by Gasteiger charge is 2.23. The number of rotatable bonds is 6. The van der Waals surface area contributed by atoms with Crippen LogP contribution in [0.25, 0.3) is 0 Å². The molecule has 1 heterocycles. The Morgan fingerprint density at radius 2 is 1.92 bits per heavy atom. The molecule has 26 heavy (non-hydrogen) atoms. The molecule has 0 saturated heterocycles. The highest BCUT2D eigenvalue weighted by molar-refractivity contribution is 5.95. The van der Waals surface area contributed by atoms with E-state index in [2.05, 4.69) is 17.3 Å². The molecule has 0 unspecified atom stereocenters. The minimum absolute atomic E-state index is 0.00685. The standard InChI is InChI=1S/C18H26N4O.CH2O2/c1-6-15-13(2)17(22(5)20-15)19-18(23)16(21(3)4)12-14-10-8-7-9-11-14;2-1-3/h7-11,16H,6,12H2,1-5H3,(H,19,23);1H,(H,2,3)/t16-;/m0./s1. The summed E-state index contributed by atoms with van der Waals surface area (Å²) in [5.74, 6) is 0.777. The monoisotopic (exact) mass is 360 g/mol. The highest BCUT2D eigenvalue weighted by atomic mass is 16.3. The van der Waals surface area contributed by atoms with Gasteiger partial charge in [-0.15, -0.1) is 0 Å². The molecule has 0 aliphatic carbocycles. The molecule has 1 aromatic heterocycles. The summed E-state index contributed by atoms with van der Waals surface area (Å²) in [4.78, 5) is 23.1. The smallest absolute Gasteiger partial charge is 0.290 e. The van der Waals surface area contributed by atoms with E-state index in [0.717, 1.165) is 29.1 Å². The highest BCUT2D eigenvalue weighted by Crippen LogP contribution is 2.19. The normalized spacial score (nSPS) is 11.5. The van der Waals surface area contributed by atoms with E-state index in [-0.39, 0.29) is 18.4 Å². The number of carbonyl (C=O) groups is 2. The third-order valence-electron chi connectivity index (χ3n) is 4.16. The number of amides is 1. The first-order valence-electron chi connectivity index (χ1n) is 8.47. The second kappa shape index (κ2) is 10.4. The fraction of sp³-hybridized carbons (Fsp3) is 0.421. The molecule has 142 valence electrons. The molecule has 0 spiro atoms. The van der Waals surface area contributed by atoms with Crippen LogP contribution in [0.3, 0.4) is 0 Å². The van der Waals surface area contributed by atoms with Crippen LogP contribution in [-0.4, -0.2) is 52.3 Å². The Morgan fingerprint density at radius 3 is 2.38 bits per heavy atom. The van der Waals surface area contributed by atoms with E-state index in [0.29, 0.717) is 6.42 Å². The number of hydrogen-bond acceptors (Lipinski definition) is 4. The summed E-state index contributed by atoms with van der Waals surface area (Å²) in [7, 11) is 5.73. The molecule has 7 nitrogen and oxygen atoms in total. The largest absolute Gasteiger partial charge is 0.483 e. The van der Waals surface area contributed by atoms with Crippen molar-refractivity contribution >= 4 is 18.2 Å². The maximum atomic E-state index is 12.8. The lowest BCUT2D eigenvalue weighted by Crippen LogP contribution is -2.41. The van der Waals surface area contributed by atoms with E-state index in [1.807, 2.05) is 63.3 Å². The lowest BCUT2D eigenvalue weighted by atomic mass is 10.0. The van der Waals surface area contributed by atoms with E-state index in [1.165, 1.54) is 0 Å². The molecule has 2 N–H and O–H groups in total. The number of carbonyl (C=O) groups excluding carboxylic acids is 1. The topological polar surface area (TPSA) is 87.5 Å². The number of benzene rings is 1. The number of hydrogen-bond donors (Lipinski definition) is 2. The Hall–Kier alpha value is -2.67. The molecule has 1 amide bonds. The predicted octanol–water partition coefficient (Wildman–Crippen LogP) is 2.10. The Kier molecular flexibility index (Phi) is 8.51. The van der Waals surface area contributed by atoms with Crippen LogP contribution in [-0.2, 0) is 29.5 Å². The van der Waals surface area contributed by atoms with Gasteiger partial charge in [-0.05, 0) is 39.4 Å². The summed E-state index contributed by atoms with van der Waals surface area (Å²) in [5, 5.41) is 14.4. The Balaban J connectivity index is 0.00000105. The van der Waals surface area contributed by atoms with Gasteiger partial charge < -0.3 is 10.4 Å². The van der Waals surface area contributed by atoms with E-state index in [9.17, 15) is 4.79 Å². The summed E-state index contributed by atoms with van der Waals surface area (Å²) < 4.78 is 1.75. The molecule has 0 bridgehead atoms. The quantitative estimate of drug-likeness (QED) is 0.771. The number of nitrogens with one attached hydrogen (secondary N) is 1. The average Bonchev–Trinajstić information content (AvgIpc) is 2.88. The fourth-order valence-corrected chi connectivity index (χ4v) is 2.74. The van der Waals surface area contributed by atoms with Crippen LogP contribution in [0.4, 0.5) is 5.82 Å². The molecule has 1 aromatic carbocycles. The van der Waals surface area contributed by atoms with E-state index < -0.39 is 0 Å². The second-order valence-electron chi connectivity index (χ2n) is 6.16. The minimum atomic E-state index is -0.250. The summed E-state index contributed by atoms with van der Waals surface area (Å²) in [6, 6.07) is 9.86. The number of nitrogens with zero attached hydrogens (tertiary/aromatic N) is 3. The van der Waals surface area contributed by atoms with Crippen molar-refractivity contribution < 1.29 is 14.7 Å². The van der Waals surface area contributed by atoms with Crippen LogP contribution in [0.15, 0.2) is 30.3 Å². The van der Waals surface area contributed by atoms with Crippen molar-refractivity contribution in [1.82, 2.24) is 14.7 Å². The third kappa shape index (κ3) is 5.70. The zero-order valence-electron chi connectivity index (χ0n) is 16.1. The van der Waals surface area contributed by atoms with Crippen molar-refractivity contribution in [3.8, 4) is 0 Å². The van der Waals surface area contributed by atoms with Gasteiger partial charge in [-0.25, -0.2) is 0 Å². The summed E-state index contributed by atoms with van der Waals surface area (Å²) in [6.07, 6.45) is 1.54. The van der Waals surface area contributed by atoms with Crippen LogP contribution in [0.5, 0.6) is 0 Å². The molecular formula is C19H28N4O3. The molecule has 0 saturated carbocycles. The van der Waals surface area contributed by atoms with Gasteiger partial charge in [0.1, 0.15) is 5.82 Å². The Morgan fingerprint density at radius 1 is 1.35 bits per heavy atom. The van der Waals surface area contributed by atoms with Crippen molar-refractivity contribution in [3.63, 3.8) is 0 Å². The Labute approximate surface area is 154 Å². The fourth-order valence-electron chi connectivity index (χ4n) is 2.74. The zero-order chi connectivity index (χ0) is 19.7. The molecule has 7 heteroatoms. The van der Waals surface area contributed by atoms with Gasteiger partial charge in [0.25, 0.3) is 6.47 Å². The van der Waals surface area contributed by atoms with Gasteiger partial charge >= 0.3 is 0 Å². The number of likely N-dealkylation sites (N-methyl/N-ethyl adjacent to an activating group) is 1. The van der Waals surface area contributed by atoms with Gasteiger partial charge in [-0.1, -0.05) is 37.3 Å². The molecule has 0 fully saturated rings. The van der Waals surface area contributed by atoms with Crippen LogP contribution in [0, 0.1) is 6.92 Å². The Bertz CT molecular complexity index is 711. The number of aryl methyl sites for hydroxylation is 2. The lowest BCUT2D eigenvalue weighted by molar-refractivity contribution is -0.123. The van der Waals surface area contributed by atoms with Gasteiger partial charge in [-0.3, -0.25) is 19.2 Å². The first kappa shape index (κ1) is 21.4.